The van der Waals surface area contributed by atoms with Crippen LogP contribution in [0.5, 0.6) is 0 Å². The Hall–Kier alpha value is -1.65. The molecule has 5 nitrogen and oxygen atoms in total. The van der Waals surface area contributed by atoms with E-state index in [1.54, 1.807) is 6.92 Å². The van der Waals surface area contributed by atoms with Gasteiger partial charge in [-0.05, 0) is 20.8 Å². The van der Waals surface area contributed by atoms with Crippen molar-refractivity contribution < 1.29 is 9.90 Å². The van der Waals surface area contributed by atoms with E-state index in [0.717, 1.165) is 0 Å². The molecule has 1 aromatic rings. The lowest BCUT2D eigenvalue weighted by molar-refractivity contribution is 0.0690. The van der Waals surface area contributed by atoms with Crippen LogP contribution in [0.2, 0.25) is 0 Å². The van der Waals surface area contributed by atoms with Gasteiger partial charge in [0.15, 0.2) is 5.69 Å². The van der Waals surface area contributed by atoms with Gasteiger partial charge in [0.25, 0.3) is 0 Å². The molecule has 5 heteroatoms. The lowest BCUT2D eigenvalue weighted by Gasteiger charge is -2.22. The van der Waals surface area contributed by atoms with Crippen LogP contribution in [0.15, 0.2) is 6.07 Å². The summed E-state index contributed by atoms with van der Waals surface area (Å²) in [5.41, 5.74) is 0.0324. The van der Waals surface area contributed by atoms with Crippen LogP contribution in [0.25, 0.3) is 0 Å². The molecule has 0 amide bonds. The van der Waals surface area contributed by atoms with Gasteiger partial charge in [0.2, 0.25) is 0 Å². The van der Waals surface area contributed by atoms with Gasteiger partial charge >= 0.3 is 5.97 Å². The predicted octanol–water partition coefficient (Wildman–Crippen LogP) is 1.33. The number of aryl methyl sites for hydroxylation is 1. The lowest BCUT2D eigenvalue weighted by Crippen LogP contribution is -2.27. The van der Waals surface area contributed by atoms with Gasteiger partial charge in [-0.2, -0.15) is 0 Å². The average Bonchev–Trinajstić information content (AvgIpc) is 2.15. The second kappa shape index (κ2) is 4.25. The highest BCUT2D eigenvalue weighted by Crippen LogP contribution is 2.13. The number of hydrogen-bond acceptors (Lipinski definition) is 4. The molecule has 0 spiro atoms. The van der Waals surface area contributed by atoms with E-state index in [2.05, 4.69) is 9.97 Å². The van der Waals surface area contributed by atoms with Crippen molar-refractivity contribution in [1.82, 2.24) is 9.97 Å². The fourth-order valence-electron chi connectivity index (χ4n) is 1.11. The van der Waals surface area contributed by atoms with Crippen molar-refractivity contribution in [1.29, 1.82) is 0 Å². The van der Waals surface area contributed by atoms with E-state index in [4.69, 9.17) is 5.11 Å². The average molecular weight is 209 g/mol. The van der Waals surface area contributed by atoms with Gasteiger partial charge in [0.1, 0.15) is 11.6 Å². The van der Waals surface area contributed by atoms with Crippen LogP contribution >= 0.6 is 0 Å². The molecule has 1 rings (SSSR count). The molecule has 0 radical (unpaired) electrons. The van der Waals surface area contributed by atoms with Crippen molar-refractivity contribution in [2.75, 3.05) is 11.9 Å². The minimum absolute atomic E-state index is 0.0324. The Balaban J connectivity index is 3.14. The predicted molar refractivity (Wildman–Crippen MR) is 57.3 cm³/mol. The zero-order valence-electron chi connectivity index (χ0n) is 9.35. The van der Waals surface area contributed by atoms with E-state index < -0.39 is 5.97 Å². The molecule has 0 atom stereocenters. The number of rotatable bonds is 3. The Morgan fingerprint density at radius 1 is 1.47 bits per heavy atom. The summed E-state index contributed by atoms with van der Waals surface area (Å²) in [4.78, 5) is 20.7. The van der Waals surface area contributed by atoms with Gasteiger partial charge in [0.05, 0.1) is 0 Å². The summed E-state index contributed by atoms with van der Waals surface area (Å²) in [5, 5.41) is 8.85. The van der Waals surface area contributed by atoms with E-state index in [9.17, 15) is 4.79 Å². The minimum atomic E-state index is -1.03. The molecule has 0 unspecified atom stereocenters. The third-order valence-electron chi connectivity index (χ3n) is 2.18. The lowest BCUT2D eigenvalue weighted by atomic mass is 10.3. The summed E-state index contributed by atoms with van der Waals surface area (Å²) in [6.45, 7) is 5.71. The fraction of sp³-hybridized carbons (Fsp3) is 0.500. The van der Waals surface area contributed by atoms with Crippen molar-refractivity contribution in [2.24, 2.45) is 0 Å². The molecule has 1 aromatic heterocycles. The van der Waals surface area contributed by atoms with Crippen molar-refractivity contribution >= 4 is 11.8 Å². The Labute approximate surface area is 88.8 Å². The van der Waals surface area contributed by atoms with Crippen LogP contribution in [0.3, 0.4) is 0 Å². The number of anilines is 1. The van der Waals surface area contributed by atoms with Crippen molar-refractivity contribution in [3.63, 3.8) is 0 Å². The van der Waals surface area contributed by atoms with E-state index in [0.29, 0.717) is 11.6 Å². The highest BCUT2D eigenvalue weighted by molar-refractivity contribution is 5.86. The normalized spacial score (nSPS) is 10.5. The second-order valence-electron chi connectivity index (χ2n) is 3.67. The van der Waals surface area contributed by atoms with Gasteiger partial charge in [-0.25, -0.2) is 14.8 Å². The van der Waals surface area contributed by atoms with Gasteiger partial charge in [-0.15, -0.1) is 0 Å². The molecule has 0 fully saturated rings. The maximum Gasteiger partial charge on any atom is 0.354 e. The summed E-state index contributed by atoms with van der Waals surface area (Å²) < 4.78 is 0. The topological polar surface area (TPSA) is 66.3 Å². The van der Waals surface area contributed by atoms with Gasteiger partial charge in [0, 0.05) is 19.2 Å². The summed E-state index contributed by atoms with van der Waals surface area (Å²) in [6.07, 6.45) is 0. The fourth-order valence-corrected chi connectivity index (χ4v) is 1.11. The Bertz CT molecular complexity index is 377. The zero-order chi connectivity index (χ0) is 11.6. The summed E-state index contributed by atoms with van der Waals surface area (Å²) in [7, 11) is 1.87. The first-order valence-corrected chi connectivity index (χ1v) is 4.73. The zero-order valence-corrected chi connectivity index (χ0v) is 9.35. The number of hydrogen-bond donors (Lipinski definition) is 1. The molecule has 0 bridgehead atoms. The Morgan fingerprint density at radius 2 is 2.07 bits per heavy atom. The van der Waals surface area contributed by atoms with Crippen LogP contribution in [0, 0.1) is 6.92 Å². The first kappa shape index (κ1) is 11.4. The van der Waals surface area contributed by atoms with Crippen LogP contribution in [-0.2, 0) is 0 Å². The highest BCUT2D eigenvalue weighted by atomic mass is 16.4. The molecule has 82 valence electrons. The van der Waals surface area contributed by atoms with Crippen LogP contribution in [0.1, 0.15) is 30.2 Å². The summed E-state index contributed by atoms with van der Waals surface area (Å²) >= 11 is 0. The molecule has 0 aliphatic rings. The highest BCUT2D eigenvalue weighted by Gasteiger charge is 2.12. The van der Waals surface area contributed by atoms with E-state index in [1.807, 2.05) is 25.8 Å². The quantitative estimate of drug-likeness (QED) is 0.813. The molecular formula is C10H15N3O2. The summed E-state index contributed by atoms with van der Waals surface area (Å²) in [5.74, 6) is 0.0752. The molecule has 0 aliphatic carbocycles. The first-order chi connectivity index (χ1) is 6.91. The molecular weight excluding hydrogens is 194 g/mol. The molecule has 0 saturated carbocycles. The van der Waals surface area contributed by atoms with Crippen LogP contribution in [0.4, 0.5) is 5.82 Å². The van der Waals surface area contributed by atoms with E-state index in [1.165, 1.54) is 6.07 Å². The molecule has 1 heterocycles. The smallest absolute Gasteiger partial charge is 0.354 e. The van der Waals surface area contributed by atoms with Crippen molar-refractivity contribution in [3.8, 4) is 0 Å². The maximum absolute atomic E-state index is 10.8. The van der Waals surface area contributed by atoms with Gasteiger partial charge in [-0.1, -0.05) is 0 Å². The molecule has 1 N–H and O–H groups in total. The molecule has 0 saturated heterocycles. The molecule has 15 heavy (non-hydrogen) atoms. The SMILES string of the molecule is Cc1nc(C(=O)O)cc(N(C)C(C)C)n1. The van der Waals surface area contributed by atoms with Gasteiger partial charge in [-0.3, -0.25) is 0 Å². The number of carbonyl (C=O) groups is 1. The Kier molecular flexibility index (Phi) is 3.24. The monoisotopic (exact) mass is 209 g/mol. The maximum atomic E-state index is 10.8. The molecule has 0 aliphatic heterocycles. The number of nitrogens with zero attached hydrogens (tertiary/aromatic N) is 3. The number of aromatic nitrogens is 2. The standard InChI is InChI=1S/C10H15N3O2/c1-6(2)13(4)9-5-8(10(14)15)11-7(3)12-9/h5-6H,1-4H3,(H,14,15). The van der Waals surface area contributed by atoms with E-state index >= 15 is 0 Å². The van der Waals surface area contributed by atoms with Crippen molar-refractivity contribution in [2.45, 2.75) is 26.8 Å². The summed E-state index contributed by atoms with van der Waals surface area (Å²) in [6, 6.07) is 1.75. The number of aromatic carboxylic acids is 1. The largest absolute Gasteiger partial charge is 0.477 e. The number of carboxylic acids is 1. The van der Waals surface area contributed by atoms with Crippen molar-refractivity contribution in [3.05, 3.63) is 17.6 Å². The second-order valence-corrected chi connectivity index (χ2v) is 3.67. The van der Waals surface area contributed by atoms with Gasteiger partial charge < -0.3 is 10.0 Å². The molecule has 0 aromatic carbocycles. The first-order valence-electron chi connectivity index (χ1n) is 4.73. The number of carboxylic acid groups (broad SMARTS) is 1. The minimum Gasteiger partial charge on any atom is -0.477 e. The third kappa shape index (κ3) is 2.65. The van der Waals surface area contributed by atoms with Crippen LogP contribution in [-0.4, -0.2) is 34.1 Å². The van der Waals surface area contributed by atoms with E-state index in [-0.39, 0.29) is 11.7 Å². The third-order valence-corrected chi connectivity index (χ3v) is 2.18. The van der Waals surface area contributed by atoms with Crippen LogP contribution < -0.4 is 4.90 Å². The Morgan fingerprint density at radius 3 is 2.53 bits per heavy atom.